The molecule has 0 spiro atoms. The van der Waals surface area contributed by atoms with E-state index in [0.717, 1.165) is 63.5 Å². The van der Waals surface area contributed by atoms with E-state index in [-0.39, 0.29) is 51.0 Å². The van der Waals surface area contributed by atoms with Crippen molar-refractivity contribution in [3.05, 3.63) is 54.2 Å². The zero-order valence-corrected chi connectivity index (χ0v) is 21.8. The van der Waals surface area contributed by atoms with Gasteiger partial charge < -0.3 is 16.6 Å². The van der Waals surface area contributed by atoms with Crippen molar-refractivity contribution in [2.45, 2.75) is 25.9 Å². The average Bonchev–Trinajstić information content (AvgIpc) is 3.57. The molecule has 0 bridgehead atoms. The van der Waals surface area contributed by atoms with Crippen LogP contribution in [0.2, 0.25) is 0 Å². The third kappa shape index (κ3) is 7.71. The molecule has 0 atom stereocenters. The molecule has 0 N–H and O–H groups in total. The summed E-state index contributed by atoms with van der Waals surface area (Å²) in [5, 5.41) is 29.8. The summed E-state index contributed by atoms with van der Waals surface area (Å²) in [6.07, 6.45) is 4.47. The van der Waals surface area contributed by atoms with E-state index in [1.807, 2.05) is 36.4 Å². The molecule has 0 saturated carbocycles. The van der Waals surface area contributed by atoms with Gasteiger partial charge in [-0.2, -0.15) is 23.3 Å². The molecule has 1 saturated heterocycles. The number of hydrogen-bond donors (Lipinski definition) is 0. The first-order chi connectivity index (χ1) is 16.3. The van der Waals surface area contributed by atoms with E-state index in [4.69, 9.17) is 9.97 Å². The zero-order valence-electron chi connectivity index (χ0n) is 18.8. The maximum absolute atomic E-state index is 4.71. The Balaban J connectivity index is 0.00000171. The molecule has 4 aromatic heterocycles. The Hall–Kier alpha value is -2.06. The predicted octanol–water partition coefficient (Wildman–Crippen LogP) is 0.819. The molecular formula is C21H24ClN12Tb-3. The van der Waals surface area contributed by atoms with Crippen LogP contribution >= 0.6 is 12.4 Å². The van der Waals surface area contributed by atoms with Crippen molar-refractivity contribution >= 4 is 12.4 Å². The summed E-state index contributed by atoms with van der Waals surface area (Å²) < 4.78 is 0. The second-order valence-electron chi connectivity index (χ2n) is 7.85. The molecule has 1 aliphatic rings. The van der Waals surface area contributed by atoms with Gasteiger partial charge in [-0.3, -0.25) is 40.4 Å². The first kappa shape index (κ1) is 27.5. The van der Waals surface area contributed by atoms with Crippen LogP contribution in [0.15, 0.2) is 36.4 Å². The first-order valence-corrected chi connectivity index (χ1v) is 10.9. The molecular weight excluding hydrogens is 615 g/mol. The first-order valence-electron chi connectivity index (χ1n) is 10.9. The Morgan fingerprint density at radius 2 is 1.20 bits per heavy atom. The quantitative estimate of drug-likeness (QED) is 0.277. The largest absolute Gasteiger partial charge is 0.329 e. The van der Waals surface area contributed by atoms with Crippen molar-refractivity contribution in [3.63, 3.8) is 0 Å². The van der Waals surface area contributed by atoms with E-state index < -0.39 is 0 Å². The minimum Gasteiger partial charge on any atom is -0.329 e. The van der Waals surface area contributed by atoms with Crippen LogP contribution in [-0.4, -0.2) is 77.0 Å². The SMILES string of the molecule is Cl.[Tb].c1cc(CN2CC[CH-]CCN(Cc3cccc(-c4nnn[n-]4)n3)CC2)nc(-c2nnn[n-]2)c1. The topological polar surface area (TPSA) is 138 Å². The van der Waals surface area contributed by atoms with Gasteiger partial charge in [0, 0.05) is 64.8 Å². The number of hydrogen-bond acceptors (Lipinski definition) is 10. The van der Waals surface area contributed by atoms with Crippen LogP contribution < -0.4 is 10.2 Å². The average molecular weight is 639 g/mol. The maximum atomic E-state index is 4.71. The van der Waals surface area contributed by atoms with Crippen LogP contribution in [0.4, 0.5) is 0 Å². The number of nitrogens with zero attached hydrogens (tertiary/aromatic N) is 12. The Morgan fingerprint density at radius 1 is 0.714 bits per heavy atom. The van der Waals surface area contributed by atoms with Gasteiger partial charge in [-0.1, -0.05) is 12.1 Å². The van der Waals surface area contributed by atoms with Gasteiger partial charge in [-0.15, -0.1) is 12.4 Å². The second-order valence-corrected chi connectivity index (χ2v) is 7.85. The molecule has 14 heteroatoms. The maximum Gasteiger partial charge on any atom is 0.0776 e. The van der Waals surface area contributed by atoms with Gasteiger partial charge in [0.2, 0.25) is 0 Å². The van der Waals surface area contributed by atoms with E-state index in [2.05, 4.69) is 57.5 Å². The van der Waals surface area contributed by atoms with Crippen molar-refractivity contribution in [2.24, 2.45) is 0 Å². The summed E-state index contributed by atoms with van der Waals surface area (Å²) in [7, 11) is 0. The van der Waals surface area contributed by atoms with E-state index in [9.17, 15) is 0 Å². The van der Waals surface area contributed by atoms with Crippen LogP contribution in [0.1, 0.15) is 24.2 Å². The Bertz CT molecular complexity index is 1050. The van der Waals surface area contributed by atoms with Crippen molar-refractivity contribution in [2.75, 3.05) is 26.2 Å². The second kappa shape index (κ2) is 13.9. The van der Waals surface area contributed by atoms with Crippen molar-refractivity contribution in [3.8, 4) is 23.0 Å². The van der Waals surface area contributed by atoms with Crippen molar-refractivity contribution < 1.29 is 38.6 Å². The molecule has 0 aromatic carbocycles. The van der Waals surface area contributed by atoms with Gasteiger partial charge in [-0.05, 0) is 37.4 Å². The summed E-state index contributed by atoms with van der Waals surface area (Å²) in [5.41, 5.74) is 3.35. The zero-order chi connectivity index (χ0) is 22.3. The van der Waals surface area contributed by atoms with E-state index in [0.29, 0.717) is 23.0 Å². The van der Waals surface area contributed by atoms with Gasteiger partial charge in [0.25, 0.3) is 0 Å². The van der Waals surface area contributed by atoms with E-state index in [1.165, 1.54) is 0 Å². The van der Waals surface area contributed by atoms with E-state index >= 15 is 0 Å². The molecule has 35 heavy (non-hydrogen) atoms. The van der Waals surface area contributed by atoms with Crippen LogP contribution in [-0.2, 0) is 13.1 Å². The molecule has 1 fully saturated rings. The molecule has 12 nitrogen and oxygen atoms in total. The Morgan fingerprint density at radius 3 is 1.63 bits per heavy atom. The van der Waals surface area contributed by atoms with Gasteiger partial charge in [0.05, 0.1) is 34.4 Å². The van der Waals surface area contributed by atoms with Crippen LogP contribution in [0.25, 0.3) is 23.0 Å². The summed E-state index contributed by atoms with van der Waals surface area (Å²) in [6.45, 7) is 5.40. The minimum atomic E-state index is 0. The van der Waals surface area contributed by atoms with Gasteiger partial charge in [-0.25, -0.2) is 0 Å². The molecule has 0 amide bonds. The van der Waals surface area contributed by atoms with Gasteiger partial charge in [0.15, 0.2) is 0 Å². The molecule has 5 heterocycles. The summed E-state index contributed by atoms with van der Waals surface area (Å²) >= 11 is 0. The van der Waals surface area contributed by atoms with Crippen molar-refractivity contribution in [1.82, 2.24) is 61.0 Å². The third-order valence-electron chi connectivity index (χ3n) is 5.51. The molecule has 187 valence electrons. The van der Waals surface area contributed by atoms with Crippen LogP contribution in [0.5, 0.6) is 0 Å². The fourth-order valence-electron chi connectivity index (χ4n) is 3.85. The predicted molar refractivity (Wildman–Crippen MR) is 124 cm³/mol. The number of rotatable bonds is 6. The summed E-state index contributed by atoms with van der Waals surface area (Å²) in [5.74, 6) is 0.906. The molecule has 4 aromatic rings. The Labute approximate surface area is 239 Å². The number of tetrazole rings is 2. The summed E-state index contributed by atoms with van der Waals surface area (Å²) in [6, 6.07) is 11.8. The third-order valence-corrected chi connectivity index (χ3v) is 5.51. The van der Waals surface area contributed by atoms with Crippen molar-refractivity contribution in [1.29, 1.82) is 0 Å². The monoisotopic (exact) mass is 638 g/mol. The number of aromatic nitrogens is 10. The number of halogens is 1. The standard InChI is InChI=1S/C21H23N12.ClH.Tb/c1-2-10-32(14-16-6-4-8-18(22-16)20-24-28-29-25-20)12-13-33(11-3-1)15-17-7-5-9-19(23-17)21-26-30-31-27-21;;/h1,4-9H,2-3,10-15H2;1H;/q-3;;. The summed E-state index contributed by atoms with van der Waals surface area (Å²) in [4.78, 5) is 14.3. The van der Waals surface area contributed by atoms with Gasteiger partial charge in [0.1, 0.15) is 0 Å². The van der Waals surface area contributed by atoms with Gasteiger partial charge >= 0.3 is 0 Å². The number of pyridine rings is 2. The van der Waals surface area contributed by atoms with E-state index in [1.54, 1.807) is 0 Å². The smallest absolute Gasteiger partial charge is 0.0776 e. The van der Waals surface area contributed by atoms with Crippen LogP contribution in [0, 0.1) is 45.0 Å². The molecule has 0 aliphatic carbocycles. The normalized spacial score (nSPS) is 15.3. The fourth-order valence-corrected chi connectivity index (χ4v) is 3.85. The fraction of sp³-hybridized carbons (Fsp3) is 0.381. The molecule has 1 radical (unpaired) electrons. The molecule has 1 aliphatic heterocycles. The Kier molecular flexibility index (Phi) is 10.9. The molecule has 0 unspecified atom stereocenters. The van der Waals surface area contributed by atoms with Crippen LogP contribution in [0.3, 0.4) is 0 Å². The molecule has 5 rings (SSSR count). The minimum absolute atomic E-state index is 0.